The fraction of sp³-hybridized carbons (Fsp3) is 0.320. The predicted molar refractivity (Wildman–Crippen MR) is 120 cm³/mol. The summed E-state index contributed by atoms with van der Waals surface area (Å²) in [6, 6.07) is 17.2. The summed E-state index contributed by atoms with van der Waals surface area (Å²) in [5.41, 5.74) is 4.92. The van der Waals surface area contributed by atoms with Crippen molar-refractivity contribution in [2.24, 2.45) is 0 Å². The van der Waals surface area contributed by atoms with Gasteiger partial charge in [-0.3, -0.25) is 14.3 Å². The maximum atomic E-state index is 12.2. The Labute approximate surface area is 183 Å². The van der Waals surface area contributed by atoms with Crippen molar-refractivity contribution < 1.29 is 14.3 Å². The summed E-state index contributed by atoms with van der Waals surface area (Å²) in [5.74, 6) is 0.715. The van der Waals surface area contributed by atoms with Gasteiger partial charge in [0, 0.05) is 29.8 Å². The van der Waals surface area contributed by atoms with Gasteiger partial charge in [0.05, 0.1) is 18.8 Å². The molecule has 1 N–H and O–H groups in total. The SMILES string of the molecule is CC(=O)c1ccc(OCCCC(=O)NCc2c(C)nn(Cc3ccccc3)c2C)cc1. The zero-order valence-electron chi connectivity index (χ0n) is 18.4. The van der Waals surface area contributed by atoms with Crippen LogP contribution >= 0.6 is 0 Å². The van der Waals surface area contributed by atoms with E-state index >= 15 is 0 Å². The maximum absolute atomic E-state index is 12.2. The van der Waals surface area contributed by atoms with Crippen LogP contribution < -0.4 is 10.1 Å². The smallest absolute Gasteiger partial charge is 0.220 e. The fourth-order valence-electron chi connectivity index (χ4n) is 3.38. The van der Waals surface area contributed by atoms with Gasteiger partial charge >= 0.3 is 0 Å². The van der Waals surface area contributed by atoms with Gasteiger partial charge in [-0.1, -0.05) is 30.3 Å². The van der Waals surface area contributed by atoms with Crippen LogP contribution in [0.15, 0.2) is 54.6 Å². The van der Waals surface area contributed by atoms with Crippen LogP contribution in [0.25, 0.3) is 0 Å². The number of hydrogen-bond donors (Lipinski definition) is 1. The number of aryl methyl sites for hydroxylation is 1. The van der Waals surface area contributed by atoms with Crippen LogP contribution in [0.2, 0.25) is 0 Å². The second-order valence-corrected chi connectivity index (χ2v) is 7.60. The van der Waals surface area contributed by atoms with Crippen LogP contribution in [0.3, 0.4) is 0 Å². The van der Waals surface area contributed by atoms with E-state index < -0.39 is 0 Å². The van der Waals surface area contributed by atoms with Crippen molar-refractivity contribution in [1.82, 2.24) is 15.1 Å². The van der Waals surface area contributed by atoms with Gasteiger partial charge in [-0.25, -0.2) is 0 Å². The van der Waals surface area contributed by atoms with E-state index in [1.807, 2.05) is 36.7 Å². The van der Waals surface area contributed by atoms with Gasteiger partial charge in [-0.05, 0) is 57.0 Å². The third-order valence-electron chi connectivity index (χ3n) is 5.25. The molecule has 1 aromatic heterocycles. The molecule has 0 radical (unpaired) electrons. The number of nitrogens with one attached hydrogen (secondary N) is 1. The van der Waals surface area contributed by atoms with Gasteiger partial charge in [0.2, 0.25) is 5.91 Å². The van der Waals surface area contributed by atoms with Crippen molar-refractivity contribution in [3.8, 4) is 5.75 Å². The minimum atomic E-state index is -0.00913. The topological polar surface area (TPSA) is 73.2 Å². The van der Waals surface area contributed by atoms with E-state index in [0.717, 1.165) is 17.0 Å². The molecule has 0 aliphatic carbocycles. The van der Waals surface area contributed by atoms with Crippen LogP contribution in [0.4, 0.5) is 0 Å². The first-order chi connectivity index (χ1) is 14.9. The van der Waals surface area contributed by atoms with E-state index in [-0.39, 0.29) is 11.7 Å². The number of carbonyl (C=O) groups excluding carboxylic acids is 2. The van der Waals surface area contributed by atoms with E-state index in [9.17, 15) is 9.59 Å². The molecule has 0 atom stereocenters. The molecule has 0 spiro atoms. The van der Waals surface area contributed by atoms with Crippen LogP contribution in [0.5, 0.6) is 5.75 Å². The lowest BCUT2D eigenvalue weighted by Crippen LogP contribution is -2.23. The van der Waals surface area contributed by atoms with Crippen LogP contribution in [0, 0.1) is 13.8 Å². The Hall–Kier alpha value is -3.41. The maximum Gasteiger partial charge on any atom is 0.220 e. The van der Waals surface area contributed by atoms with Crippen molar-refractivity contribution in [2.45, 2.75) is 46.7 Å². The molecule has 0 fully saturated rings. The number of carbonyl (C=O) groups is 2. The zero-order valence-corrected chi connectivity index (χ0v) is 18.4. The third kappa shape index (κ3) is 6.28. The number of hydrogen-bond acceptors (Lipinski definition) is 4. The highest BCUT2D eigenvalue weighted by molar-refractivity contribution is 5.94. The lowest BCUT2D eigenvalue weighted by atomic mass is 10.1. The summed E-state index contributed by atoms with van der Waals surface area (Å²) < 4.78 is 7.63. The van der Waals surface area contributed by atoms with Crippen LogP contribution in [0.1, 0.15) is 52.6 Å². The van der Waals surface area contributed by atoms with Crippen molar-refractivity contribution in [2.75, 3.05) is 6.61 Å². The molecule has 2 aromatic carbocycles. The standard InChI is InChI=1S/C25H29N3O3/c1-18-24(19(2)28(27-18)17-21-8-5-4-6-9-21)16-26-25(30)10-7-15-31-23-13-11-22(12-14-23)20(3)29/h4-6,8-9,11-14H,7,10,15-17H2,1-3H3,(H,26,30). The number of benzene rings is 2. The van der Waals surface area contributed by atoms with Crippen LogP contribution in [-0.2, 0) is 17.9 Å². The number of aromatic nitrogens is 2. The Balaban J connectivity index is 1.42. The number of ketones is 1. The highest BCUT2D eigenvalue weighted by Crippen LogP contribution is 2.15. The van der Waals surface area contributed by atoms with E-state index in [0.29, 0.717) is 43.9 Å². The zero-order chi connectivity index (χ0) is 22.2. The predicted octanol–water partition coefficient (Wildman–Crippen LogP) is 4.23. The van der Waals surface area contributed by atoms with Crippen molar-refractivity contribution in [1.29, 1.82) is 0 Å². The molecule has 1 heterocycles. The van der Waals surface area contributed by atoms with Gasteiger partial charge < -0.3 is 10.1 Å². The highest BCUT2D eigenvalue weighted by Gasteiger charge is 2.13. The lowest BCUT2D eigenvalue weighted by Gasteiger charge is -2.08. The summed E-state index contributed by atoms with van der Waals surface area (Å²) >= 11 is 0. The molecule has 0 bridgehead atoms. The molecule has 0 aliphatic rings. The quantitative estimate of drug-likeness (QED) is 0.394. The normalized spacial score (nSPS) is 10.7. The molecule has 0 aliphatic heterocycles. The van der Waals surface area contributed by atoms with E-state index in [4.69, 9.17) is 4.74 Å². The Bertz CT molecular complexity index is 1020. The molecule has 1 amide bonds. The number of nitrogens with zero attached hydrogens (tertiary/aromatic N) is 2. The second kappa shape index (κ2) is 10.6. The average Bonchev–Trinajstić information content (AvgIpc) is 3.03. The minimum absolute atomic E-state index is 0.00913. The fourth-order valence-corrected chi connectivity index (χ4v) is 3.38. The number of Topliss-reactive ketones (excluding diaryl/α,β-unsaturated/α-hetero) is 1. The molecule has 162 valence electrons. The molecule has 0 saturated carbocycles. The van der Waals surface area contributed by atoms with Crippen molar-refractivity contribution >= 4 is 11.7 Å². The Morgan fingerprint density at radius 1 is 1.03 bits per heavy atom. The summed E-state index contributed by atoms with van der Waals surface area (Å²) in [4.78, 5) is 23.5. The molecule has 6 nitrogen and oxygen atoms in total. The van der Waals surface area contributed by atoms with Gasteiger partial charge in [-0.15, -0.1) is 0 Å². The molecule has 6 heteroatoms. The molecule has 31 heavy (non-hydrogen) atoms. The van der Waals surface area contributed by atoms with Crippen molar-refractivity contribution in [3.05, 3.63) is 82.7 Å². The first-order valence-corrected chi connectivity index (χ1v) is 10.5. The number of rotatable bonds is 10. The monoisotopic (exact) mass is 419 g/mol. The summed E-state index contributed by atoms with van der Waals surface area (Å²) in [6.45, 7) is 7.17. The summed E-state index contributed by atoms with van der Waals surface area (Å²) in [6.07, 6.45) is 1.01. The first-order valence-electron chi connectivity index (χ1n) is 10.5. The van der Waals surface area contributed by atoms with Gasteiger partial charge in [0.15, 0.2) is 5.78 Å². The summed E-state index contributed by atoms with van der Waals surface area (Å²) in [5, 5.41) is 7.62. The Morgan fingerprint density at radius 2 is 1.74 bits per heavy atom. The largest absolute Gasteiger partial charge is 0.494 e. The third-order valence-corrected chi connectivity index (χ3v) is 5.25. The number of ether oxygens (including phenoxy) is 1. The Morgan fingerprint density at radius 3 is 2.42 bits per heavy atom. The Kier molecular flexibility index (Phi) is 7.60. The lowest BCUT2D eigenvalue weighted by molar-refractivity contribution is -0.121. The van der Waals surface area contributed by atoms with Crippen molar-refractivity contribution in [3.63, 3.8) is 0 Å². The van der Waals surface area contributed by atoms with Gasteiger partial charge in [0.1, 0.15) is 5.75 Å². The molecule has 3 rings (SSSR count). The van der Waals surface area contributed by atoms with Crippen LogP contribution in [-0.4, -0.2) is 28.1 Å². The molecular weight excluding hydrogens is 390 g/mol. The van der Waals surface area contributed by atoms with E-state index in [1.165, 1.54) is 12.5 Å². The first kappa shape index (κ1) is 22.3. The van der Waals surface area contributed by atoms with Gasteiger partial charge in [0.25, 0.3) is 0 Å². The van der Waals surface area contributed by atoms with Gasteiger partial charge in [-0.2, -0.15) is 5.10 Å². The molecule has 0 saturated heterocycles. The minimum Gasteiger partial charge on any atom is -0.494 e. The molecule has 3 aromatic rings. The van der Waals surface area contributed by atoms with E-state index in [1.54, 1.807) is 24.3 Å². The molecule has 0 unspecified atom stereocenters. The second-order valence-electron chi connectivity index (χ2n) is 7.60. The average molecular weight is 420 g/mol. The molecular formula is C25H29N3O3. The number of amides is 1. The highest BCUT2D eigenvalue weighted by atomic mass is 16.5. The summed E-state index contributed by atoms with van der Waals surface area (Å²) in [7, 11) is 0. The van der Waals surface area contributed by atoms with E-state index in [2.05, 4.69) is 22.5 Å².